The van der Waals surface area contributed by atoms with Gasteiger partial charge in [0.1, 0.15) is 0 Å². The van der Waals surface area contributed by atoms with Crippen LogP contribution >= 0.6 is 23.2 Å². The summed E-state index contributed by atoms with van der Waals surface area (Å²) in [5, 5.41) is 3.71. The molecule has 1 aliphatic heterocycles. The molecule has 2 aromatic rings. The molecule has 1 amide bonds. The topological polar surface area (TPSA) is 41.6 Å². The summed E-state index contributed by atoms with van der Waals surface area (Å²) in [5.74, 6) is -0.0903. The number of halogens is 2. The lowest BCUT2D eigenvalue weighted by atomic mass is 10.1. The van der Waals surface area contributed by atoms with E-state index in [1.807, 2.05) is 24.3 Å². The van der Waals surface area contributed by atoms with Gasteiger partial charge in [-0.1, -0.05) is 35.3 Å². The highest BCUT2D eigenvalue weighted by molar-refractivity contribution is 6.42. The van der Waals surface area contributed by atoms with Crippen LogP contribution < -0.4 is 10.2 Å². The Hall–Kier alpha value is -1.75. The summed E-state index contributed by atoms with van der Waals surface area (Å²) >= 11 is 11.8. The van der Waals surface area contributed by atoms with Gasteiger partial charge in [-0.2, -0.15) is 0 Å². The maximum atomic E-state index is 12.2. The number of carbonyl (C=O) groups excluding carboxylic acids is 1. The molecular weight excluding hydrogens is 347 g/mol. The van der Waals surface area contributed by atoms with Gasteiger partial charge in [-0.05, 0) is 35.9 Å². The molecule has 6 heteroatoms. The second kappa shape index (κ2) is 7.88. The van der Waals surface area contributed by atoms with Gasteiger partial charge in [0.05, 0.1) is 29.7 Å². The van der Waals surface area contributed by atoms with Crippen molar-refractivity contribution in [2.75, 3.05) is 36.5 Å². The molecule has 3 rings (SSSR count). The number of morpholine rings is 1. The first-order valence-electron chi connectivity index (χ1n) is 7.78. The van der Waals surface area contributed by atoms with Crippen molar-refractivity contribution >= 4 is 40.5 Å². The largest absolute Gasteiger partial charge is 0.378 e. The van der Waals surface area contributed by atoms with Crippen molar-refractivity contribution < 1.29 is 9.53 Å². The number of benzene rings is 2. The van der Waals surface area contributed by atoms with Crippen LogP contribution in [0, 0.1) is 0 Å². The molecule has 24 heavy (non-hydrogen) atoms. The van der Waals surface area contributed by atoms with Crippen LogP contribution in [0.2, 0.25) is 10.0 Å². The molecule has 0 atom stereocenters. The summed E-state index contributed by atoms with van der Waals surface area (Å²) in [4.78, 5) is 14.4. The van der Waals surface area contributed by atoms with Crippen LogP contribution in [-0.4, -0.2) is 32.2 Å². The SMILES string of the molecule is O=C(Cc1ccc(N2CCOCC2)cc1)Nc1ccc(Cl)c(Cl)c1. The minimum Gasteiger partial charge on any atom is -0.378 e. The minimum atomic E-state index is -0.0903. The van der Waals surface area contributed by atoms with Crippen molar-refractivity contribution in [3.63, 3.8) is 0 Å². The number of anilines is 2. The van der Waals surface area contributed by atoms with Gasteiger partial charge >= 0.3 is 0 Å². The van der Waals surface area contributed by atoms with E-state index in [2.05, 4.69) is 10.2 Å². The number of hydrogen-bond donors (Lipinski definition) is 1. The number of amides is 1. The van der Waals surface area contributed by atoms with Gasteiger partial charge in [0.15, 0.2) is 0 Å². The van der Waals surface area contributed by atoms with E-state index >= 15 is 0 Å². The smallest absolute Gasteiger partial charge is 0.228 e. The van der Waals surface area contributed by atoms with Gasteiger partial charge in [-0.15, -0.1) is 0 Å². The third kappa shape index (κ3) is 4.41. The third-order valence-corrected chi connectivity index (χ3v) is 4.62. The first-order valence-corrected chi connectivity index (χ1v) is 8.54. The van der Waals surface area contributed by atoms with E-state index in [1.165, 1.54) is 0 Å². The van der Waals surface area contributed by atoms with Crippen molar-refractivity contribution in [3.05, 3.63) is 58.1 Å². The normalized spacial score (nSPS) is 14.5. The molecule has 1 saturated heterocycles. The van der Waals surface area contributed by atoms with Gasteiger partial charge in [0.2, 0.25) is 5.91 Å². The monoisotopic (exact) mass is 364 g/mol. The molecule has 0 saturated carbocycles. The molecule has 0 radical (unpaired) electrons. The predicted octanol–water partition coefficient (Wildman–Crippen LogP) is 4.01. The van der Waals surface area contributed by atoms with Gasteiger partial charge in [-0.25, -0.2) is 0 Å². The minimum absolute atomic E-state index is 0.0903. The summed E-state index contributed by atoms with van der Waals surface area (Å²) in [5.41, 5.74) is 2.76. The number of ether oxygens (including phenoxy) is 1. The molecule has 0 spiro atoms. The fraction of sp³-hybridized carbons (Fsp3) is 0.278. The van der Waals surface area contributed by atoms with Crippen LogP contribution in [0.1, 0.15) is 5.56 Å². The molecule has 126 valence electrons. The van der Waals surface area contributed by atoms with Crippen LogP contribution in [0.4, 0.5) is 11.4 Å². The van der Waals surface area contributed by atoms with Crippen molar-refractivity contribution in [2.45, 2.75) is 6.42 Å². The second-order valence-corrected chi connectivity index (χ2v) is 6.43. The van der Waals surface area contributed by atoms with Gasteiger partial charge in [0.25, 0.3) is 0 Å². The van der Waals surface area contributed by atoms with E-state index in [4.69, 9.17) is 27.9 Å². The standard InChI is InChI=1S/C18H18Cl2N2O2/c19-16-6-3-14(12-17(16)20)21-18(23)11-13-1-4-15(5-2-13)22-7-9-24-10-8-22/h1-6,12H,7-11H2,(H,21,23). The Balaban J connectivity index is 1.58. The van der Waals surface area contributed by atoms with Crippen LogP contribution in [0.25, 0.3) is 0 Å². The Morgan fingerprint density at radius 1 is 1.04 bits per heavy atom. The number of rotatable bonds is 4. The lowest BCUT2D eigenvalue weighted by Gasteiger charge is -2.28. The third-order valence-electron chi connectivity index (χ3n) is 3.88. The summed E-state index contributed by atoms with van der Waals surface area (Å²) < 4.78 is 5.36. The molecule has 0 aromatic heterocycles. The van der Waals surface area contributed by atoms with E-state index in [1.54, 1.807) is 18.2 Å². The predicted molar refractivity (Wildman–Crippen MR) is 98.3 cm³/mol. The van der Waals surface area contributed by atoms with Crippen molar-refractivity contribution in [1.82, 2.24) is 0 Å². The Labute approximate surface area is 151 Å². The van der Waals surface area contributed by atoms with Crippen LogP contribution in [0.3, 0.4) is 0 Å². The Bertz CT molecular complexity index is 713. The Morgan fingerprint density at radius 3 is 2.42 bits per heavy atom. The maximum Gasteiger partial charge on any atom is 0.228 e. The zero-order valence-electron chi connectivity index (χ0n) is 13.1. The lowest BCUT2D eigenvalue weighted by Crippen LogP contribution is -2.36. The molecule has 4 nitrogen and oxygen atoms in total. The first kappa shape index (κ1) is 17.1. The van der Waals surface area contributed by atoms with Crippen molar-refractivity contribution in [2.24, 2.45) is 0 Å². The molecule has 0 aliphatic carbocycles. The van der Waals surface area contributed by atoms with E-state index in [0.717, 1.165) is 37.6 Å². The highest BCUT2D eigenvalue weighted by Gasteiger charge is 2.11. The second-order valence-electron chi connectivity index (χ2n) is 5.62. The number of nitrogens with one attached hydrogen (secondary N) is 1. The molecule has 0 unspecified atom stereocenters. The van der Waals surface area contributed by atoms with E-state index in [-0.39, 0.29) is 5.91 Å². The van der Waals surface area contributed by atoms with Crippen molar-refractivity contribution in [1.29, 1.82) is 0 Å². The quantitative estimate of drug-likeness (QED) is 0.890. The fourth-order valence-corrected chi connectivity index (χ4v) is 2.91. The average Bonchev–Trinajstić information content (AvgIpc) is 2.59. The molecular formula is C18H18Cl2N2O2. The Morgan fingerprint density at radius 2 is 1.75 bits per heavy atom. The van der Waals surface area contributed by atoms with Gasteiger partial charge in [-0.3, -0.25) is 4.79 Å². The van der Waals surface area contributed by atoms with E-state index in [9.17, 15) is 4.79 Å². The molecule has 0 bridgehead atoms. The summed E-state index contributed by atoms with van der Waals surface area (Å²) in [6, 6.07) is 13.1. The van der Waals surface area contributed by atoms with E-state index < -0.39 is 0 Å². The summed E-state index contributed by atoms with van der Waals surface area (Å²) in [6.45, 7) is 3.32. The zero-order chi connectivity index (χ0) is 16.9. The molecule has 1 heterocycles. The summed E-state index contributed by atoms with van der Waals surface area (Å²) in [7, 11) is 0. The van der Waals surface area contributed by atoms with Crippen molar-refractivity contribution in [3.8, 4) is 0 Å². The molecule has 1 N–H and O–H groups in total. The zero-order valence-corrected chi connectivity index (χ0v) is 14.6. The van der Waals surface area contributed by atoms with Crippen LogP contribution in [-0.2, 0) is 16.0 Å². The molecule has 1 aliphatic rings. The average molecular weight is 365 g/mol. The van der Waals surface area contributed by atoms with Crippen LogP contribution in [0.15, 0.2) is 42.5 Å². The first-order chi connectivity index (χ1) is 11.6. The number of carbonyl (C=O) groups is 1. The molecule has 1 fully saturated rings. The number of hydrogen-bond acceptors (Lipinski definition) is 3. The highest BCUT2D eigenvalue weighted by Crippen LogP contribution is 2.25. The maximum absolute atomic E-state index is 12.2. The lowest BCUT2D eigenvalue weighted by molar-refractivity contribution is -0.115. The van der Waals surface area contributed by atoms with Crippen LogP contribution in [0.5, 0.6) is 0 Å². The Kier molecular flexibility index (Phi) is 5.61. The van der Waals surface area contributed by atoms with Gasteiger partial charge < -0.3 is 15.0 Å². The number of nitrogens with zero attached hydrogens (tertiary/aromatic N) is 1. The van der Waals surface area contributed by atoms with E-state index in [0.29, 0.717) is 22.2 Å². The highest BCUT2D eigenvalue weighted by atomic mass is 35.5. The fourth-order valence-electron chi connectivity index (χ4n) is 2.61. The summed E-state index contributed by atoms with van der Waals surface area (Å²) in [6.07, 6.45) is 0.309. The van der Waals surface area contributed by atoms with Gasteiger partial charge in [0, 0.05) is 24.5 Å². The molecule has 2 aromatic carbocycles.